The fourth-order valence-electron chi connectivity index (χ4n) is 3.28. The van der Waals surface area contributed by atoms with Crippen molar-refractivity contribution in [1.29, 1.82) is 0 Å². The second kappa shape index (κ2) is 5.63. The first-order chi connectivity index (χ1) is 11.6. The molecule has 1 aliphatic carbocycles. The largest absolute Gasteiger partial charge is 0.451 e. The number of amides is 1. The molecule has 0 unspecified atom stereocenters. The number of fused-ring (bicyclic) bond motifs is 1. The van der Waals surface area contributed by atoms with Crippen molar-refractivity contribution in [3.63, 3.8) is 0 Å². The Morgan fingerprint density at radius 2 is 2.08 bits per heavy atom. The average Bonchev–Trinajstić information content (AvgIpc) is 3.26. The summed E-state index contributed by atoms with van der Waals surface area (Å²) < 4.78 is 10.7. The second-order valence-electron chi connectivity index (χ2n) is 6.17. The van der Waals surface area contributed by atoms with Crippen LogP contribution in [0.5, 0.6) is 0 Å². The van der Waals surface area contributed by atoms with Crippen molar-refractivity contribution in [2.45, 2.75) is 38.1 Å². The van der Waals surface area contributed by atoms with E-state index in [9.17, 15) is 4.79 Å². The third-order valence-electron chi connectivity index (χ3n) is 4.47. The number of carbonyl (C=O) groups is 1. The zero-order valence-electron chi connectivity index (χ0n) is 13.1. The minimum absolute atomic E-state index is 0.249. The summed E-state index contributed by atoms with van der Waals surface area (Å²) in [5.74, 6) is 0.986. The van der Waals surface area contributed by atoms with E-state index < -0.39 is 5.54 Å². The van der Waals surface area contributed by atoms with Crippen LogP contribution in [0.3, 0.4) is 0 Å². The number of nitrogens with one attached hydrogen (secondary N) is 1. The smallest absolute Gasteiger partial charge is 0.287 e. The molecule has 2 aromatic heterocycles. The number of aryl methyl sites for hydroxylation is 1. The number of hydrogen-bond acceptors (Lipinski definition) is 5. The van der Waals surface area contributed by atoms with Crippen molar-refractivity contribution in [2.75, 3.05) is 0 Å². The van der Waals surface area contributed by atoms with Gasteiger partial charge in [0.15, 0.2) is 11.6 Å². The highest BCUT2D eigenvalue weighted by molar-refractivity contribution is 6.31. The van der Waals surface area contributed by atoms with E-state index in [4.69, 9.17) is 20.5 Å². The Morgan fingerprint density at radius 3 is 2.79 bits per heavy atom. The Hall–Kier alpha value is -2.34. The third-order valence-corrected chi connectivity index (χ3v) is 4.70. The van der Waals surface area contributed by atoms with Crippen LogP contribution in [0.25, 0.3) is 11.0 Å². The number of rotatable bonds is 3. The average molecular weight is 346 g/mol. The van der Waals surface area contributed by atoms with Gasteiger partial charge in [-0.2, -0.15) is 4.98 Å². The number of aromatic nitrogens is 2. The topological polar surface area (TPSA) is 81.2 Å². The van der Waals surface area contributed by atoms with Gasteiger partial charge < -0.3 is 14.3 Å². The summed E-state index contributed by atoms with van der Waals surface area (Å²) in [7, 11) is 0. The van der Waals surface area contributed by atoms with Crippen molar-refractivity contribution >= 4 is 28.5 Å². The van der Waals surface area contributed by atoms with Gasteiger partial charge in [0, 0.05) is 17.3 Å². The summed E-state index contributed by atoms with van der Waals surface area (Å²) in [6.45, 7) is 1.74. The van der Waals surface area contributed by atoms with Crippen LogP contribution >= 0.6 is 11.6 Å². The number of halogens is 1. The Labute approximate surface area is 143 Å². The Kier molecular flexibility index (Phi) is 3.57. The van der Waals surface area contributed by atoms with E-state index in [1.54, 1.807) is 31.2 Å². The van der Waals surface area contributed by atoms with E-state index >= 15 is 0 Å². The monoisotopic (exact) mass is 345 g/mol. The molecular weight excluding hydrogens is 330 g/mol. The standard InChI is InChI=1S/C17H16ClN3O3/c1-10-19-16(21-24-10)17(6-2-3-7-17)20-15(22)14-9-11-8-12(18)4-5-13(11)23-14/h4-5,8-9H,2-3,6-7H2,1H3,(H,20,22). The lowest BCUT2D eigenvalue weighted by Gasteiger charge is -2.26. The van der Waals surface area contributed by atoms with Gasteiger partial charge >= 0.3 is 0 Å². The zero-order chi connectivity index (χ0) is 16.7. The van der Waals surface area contributed by atoms with E-state index in [2.05, 4.69) is 15.5 Å². The van der Waals surface area contributed by atoms with Gasteiger partial charge in [0.1, 0.15) is 11.1 Å². The lowest BCUT2D eigenvalue weighted by molar-refractivity contribution is 0.0865. The first-order valence-corrected chi connectivity index (χ1v) is 8.26. The number of benzene rings is 1. The molecule has 1 amide bonds. The summed E-state index contributed by atoms with van der Waals surface area (Å²) in [6, 6.07) is 6.95. The molecule has 1 N–H and O–H groups in total. The lowest BCUT2D eigenvalue weighted by atomic mass is 9.96. The molecule has 4 rings (SSSR count). The molecular formula is C17H16ClN3O3. The molecule has 3 aromatic rings. The first-order valence-electron chi connectivity index (χ1n) is 7.88. The zero-order valence-corrected chi connectivity index (χ0v) is 13.9. The Balaban J connectivity index is 1.65. The number of nitrogens with zero attached hydrogens (tertiary/aromatic N) is 2. The number of furan rings is 1. The molecule has 0 aliphatic heterocycles. The minimum Gasteiger partial charge on any atom is -0.451 e. The fourth-order valence-corrected chi connectivity index (χ4v) is 3.46. The summed E-state index contributed by atoms with van der Waals surface area (Å²) in [4.78, 5) is 17.0. The van der Waals surface area contributed by atoms with Gasteiger partial charge in [-0.25, -0.2) is 0 Å². The normalized spacial score (nSPS) is 16.6. The third kappa shape index (κ3) is 2.57. The van der Waals surface area contributed by atoms with Crippen LogP contribution < -0.4 is 5.32 Å². The van der Waals surface area contributed by atoms with Crippen molar-refractivity contribution in [2.24, 2.45) is 0 Å². The summed E-state index contributed by atoms with van der Waals surface area (Å²) in [5, 5.41) is 8.48. The maximum Gasteiger partial charge on any atom is 0.287 e. The molecule has 0 radical (unpaired) electrons. The van der Waals surface area contributed by atoms with Crippen LogP contribution in [-0.4, -0.2) is 16.0 Å². The van der Waals surface area contributed by atoms with Gasteiger partial charge in [-0.1, -0.05) is 29.6 Å². The number of carbonyl (C=O) groups excluding carboxylic acids is 1. The lowest BCUT2D eigenvalue weighted by Crippen LogP contribution is -2.44. The molecule has 24 heavy (non-hydrogen) atoms. The van der Waals surface area contributed by atoms with Crippen molar-refractivity contribution < 1.29 is 13.7 Å². The summed E-state index contributed by atoms with van der Waals surface area (Å²) in [5.41, 5.74) is 0.0336. The van der Waals surface area contributed by atoms with Crippen LogP contribution in [0.2, 0.25) is 5.02 Å². The Morgan fingerprint density at radius 1 is 1.29 bits per heavy atom. The van der Waals surface area contributed by atoms with E-state index in [1.165, 1.54) is 0 Å². The molecule has 1 saturated carbocycles. The maximum atomic E-state index is 12.7. The molecule has 2 heterocycles. The molecule has 6 nitrogen and oxygen atoms in total. The van der Waals surface area contributed by atoms with Gasteiger partial charge in [0.25, 0.3) is 5.91 Å². The number of hydrogen-bond donors (Lipinski definition) is 1. The van der Waals surface area contributed by atoms with Gasteiger partial charge in [-0.05, 0) is 37.1 Å². The molecule has 7 heteroatoms. The molecule has 124 valence electrons. The van der Waals surface area contributed by atoms with Crippen LogP contribution in [0.4, 0.5) is 0 Å². The summed E-state index contributed by atoms with van der Waals surface area (Å²) in [6.07, 6.45) is 3.57. The highest BCUT2D eigenvalue weighted by Crippen LogP contribution is 2.37. The van der Waals surface area contributed by atoms with E-state index in [1.807, 2.05) is 0 Å². The quantitative estimate of drug-likeness (QED) is 0.776. The van der Waals surface area contributed by atoms with Crippen LogP contribution in [-0.2, 0) is 5.54 Å². The van der Waals surface area contributed by atoms with Crippen molar-refractivity contribution in [3.8, 4) is 0 Å². The summed E-state index contributed by atoms with van der Waals surface area (Å²) >= 11 is 5.98. The van der Waals surface area contributed by atoms with Gasteiger partial charge in [0.05, 0.1) is 0 Å². The molecule has 0 spiro atoms. The first kappa shape index (κ1) is 15.2. The van der Waals surface area contributed by atoms with E-state index in [0.717, 1.165) is 31.1 Å². The predicted molar refractivity (Wildman–Crippen MR) is 87.9 cm³/mol. The van der Waals surface area contributed by atoms with Gasteiger partial charge in [-0.15, -0.1) is 0 Å². The molecule has 0 saturated heterocycles. The predicted octanol–water partition coefficient (Wildman–Crippen LogP) is 3.98. The highest BCUT2D eigenvalue weighted by atomic mass is 35.5. The SMILES string of the molecule is Cc1nc(C2(NC(=O)c3cc4cc(Cl)ccc4o3)CCCC2)no1. The molecule has 1 aliphatic rings. The molecule has 0 atom stereocenters. The molecule has 0 bridgehead atoms. The second-order valence-corrected chi connectivity index (χ2v) is 6.61. The highest BCUT2D eigenvalue weighted by Gasteiger charge is 2.41. The minimum atomic E-state index is -0.592. The van der Waals surface area contributed by atoms with Gasteiger partial charge in [-0.3, -0.25) is 4.79 Å². The Bertz CT molecular complexity index is 909. The van der Waals surface area contributed by atoms with Crippen LogP contribution in [0.1, 0.15) is 48.0 Å². The van der Waals surface area contributed by atoms with Crippen molar-refractivity contribution in [3.05, 3.63) is 46.8 Å². The molecule has 1 fully saturated rings. The maximum absolute atomic E-state index is 12.7. The van der Waals surface area contributed by atoms with E-state index in [0.29, 0.717) is 22.3 Å². The van der Waals surface area contributed by atoms with Crippen molar-refractivity contribution in [1.82, 2.24) is 15.5 Å². The fraction of sp³-hybridized carbons (Fsp3) is 0.353. The van der Waals surface area contributed by atoms with E-state index in [-0.39, 0.29) is 11.7 Å². The molecule has 1 aromatic carbocycles. The van der Waals surface area contributed by atoms with Crippen LogP contribution in [0, 0.1) is 6.92 Å². The van der Waals surface area contributed by atoms with Crippen LogP contribution in [0.15, 0.2) is 33.2 Å². The van der Waals surface area contributed by atoms with Gasteiger partial charge in [0.2, 0.25) is 5.89 Å².